The summed E-state index contributed by atoms with van der Waals surface area (Å²) in [6.07, 6.45) is 0. The number of rotatable bonds is 5. The van der Waals surface area contributed by atoms with Crippen LogP contribution < -0.4 is 15.2 Å². The van der Waals surface area contributed by atoms with Crippen molar-refractivity contribution in [3.8, 4) is 17.2 Å². The maximum atomic E-state index is 10.8. The molecule has 7 heteroatoms. The molecule has 2 N–H and O–H groups in total. The standard InChI is InChI=1S/C14H13ClN2O4/c1-20-13-5-3-11(17(18)19)7-14(13)21-12-4-2-10(15)6-9(12)8-16/h2-7H,8,16H2,1H3. The van der Waals surface area contributed by atoms with Gasteiger partial charge in [0, 0.05) is 23.2 Å². The Bertz CT molecular complexity index is 676. The minimum absolute atomic E-state index is 0.0888. The minimum Gasteiger partial charge on any atom is -0.493 e. The number of benzene rings is 2. The highest BCUT2D eigenvalue weighted by atomic mass is 35.5. The van der Waals surface area contributed by atoms with Gasteiger partial charge in [0.15, 0.2) is 11.5 Å². The van der Waals surface area contributed by atoms with E-state index in [9.17, 15) is 10.1 Å². The number of hydrogen-bond donors (Lipinski definition) is 1. The zero-order chi connectivity index (χ0) is 15.4. The third-order valence-electron chi connectivity index (χ3n) is 2.82. The highest BCUT2D eigenvalue weighted by molar-refractivity contribution is 6.30. The molecule has 0 bridgehead atoms. The van der Waals surface area contributed by atoms with Crippen molar-refractivity contribution in [2.75, 3.05) is 7.11 Å². The van der Waals surface area contributed by atoms with Gasteiger partial charge >= 0.3 is 0 Å². The molecule has 0 saturated heterocycles. The Balaban J connectivity index is 2.42. The molecule has 0 aliphatic rings. The second kappa shape index (κ2) is 6.43. The molecule has 110 valence electrons. The second-order valence-electron chi connectivity index (χ2n) is 4.15. The number of nitro benzene ring substituents is 1. The molecular formula is C14H13ClN2O4. The van der Waals surface area contributed by atoms with Crippen LogP contribution in [0.3, 0.4) is 0 Å². The van der Waals surface area contributed by atoms with Gasteiger partial charge in [-0.05, 0) is 24.3 Å². The third-order valence-corrected chi connectivity index (χ3v) is 3.06. The van der Waals surface area contributed by atoms with Crippen LogP contribution in [0.25, 0.3) is 0 Å². The Morgan fingerprint density at radius 2 is 1.90 bits per heavy atom. The molecule has 0 atom stereocenters. The highest BCUT2D eigenvalue weighted by Gasteiger charge is 2.14. The van der Waals surface area contributed by atoms with Gasteiger partial charge in [0.1, 0.15) is 5.75 Å². The Hall–Kier alpha value is -2.31. The zero-order valence-electron chi connectivity index (χ0n) is 11.2. The molecule has 2 aromatic rings. The van der Waals surface area contributed by atoms with Crippen LogP contribution in [-0.2, 0) is 6.54 Å². The highest BCUT2D eigenvalue weighted by Crippen LogP contribution is 2.36. The third kappa shape index (κ3) is 3.42. The summed E-state index contributed by atoms with van der Waals surface area (Å²) >= 11 is 5.90. The Labute approximate surface area is 126 Å². The quantitative estimate of drug-likeness (QED) is 0.674. The average Bonchev–Trinajstić information content (AvgIpc) is 2.48. The van der Waals surface area contributed by atoms with Gasteiger partial charge < -0.3 is 15.2 Å². The largest absolute Gasteiger partial charge is 0.493 e. The summed E-state index contributed by atoms with van der Waals surface area (Å²) in [7, 11) is 1.46. The molecule has 0 amide bonds. The summed E-state index contributed by atoms with van der Waals surface area (Å²) < 4.78 is 10.8. The van der Waals surface area contributed by atoms with Crippen LogP contribution in [0.1, 0.15) is 5.56 Å². The van der Waals surface area contributed by atoms with Crippen molar-refractivity contribution in [1.29, 1.82) is 0 Å². The van der Waals surface area contributed by atoms with Crippen LogP contribution in [0.15, 0.2) is 36.4 Å². The summed E-state index contributed by atoms with van der Waals surface area (Å²) in [4.78, 5) is 10.3. The molecule has 0 saturated carbocycles. The topological polar surface area (TPSA) is 87.6 Å². The maximum absolute atomic E-state index is 10.8. The van der Waals surface area contributed by atoms with E-state index in [0.29, 0.717) is 22.1 Å². The first-order valence-electron chi connectivity index (χ1n) is 6.04. The molecule has 2 aromatic carbocycles. The van der Waals surface area contributed by atoms with Crippen molar-refractivity contribution in [2.24, 2.45) is 5.73 Å². The van der Waals surface area contributed by atoms with Crippen LogP contribution in [0, 0.1) is 10.1 Å². The van der Waals surface area contributed by atoms with E-state index in [0.717, 1.165) is 0 Å². The molecule has 2 rings (SSSR count). The summed E-state index contributed by atoms with van der Waals surface area (Å²) in [5.41, 5.74) is 6.25. The molecule has 0 heterocycles. The van der Waals surface area contributed by atoms with Gasteiger partial charge in [-0.15, -0.1) is 0 Å². The molecule has 0 unspecified atom stereocenters. The van der Waals surface area contributed by atoms with Gasteiger partial charge in [-0.2, -0.15) is 0 Å². The first kappa shape index (κ1) is 15.1. The molecular weight excluding hydrogens is 296 g/mol. The maximum Gasteiger partial charge on any atom is 0.273 e. The van der Waals surface area contributed by atoms with Crippen molar-refractivity contribution in [1.82, 2.24) is 0 Å². The molecule has 0 aliphatic heterocycles. The van der Waals surface area contributed by atoms with E-state index in [2.05, 4.69) is 0 Å². The fraction of sp³-hybridized carbons (Fsp3) is 0.143. The summed E-state index contributed by atoms with van der Waals surface area (Å²) in [5, 5.41) is 11.4. The van der Waals surface area contributed by atoms with Gasteiger partial charge in [0.05, 0.1) is 18.1 Å². The van der Waals surface area contributed by atoms with Gasteiger partial charge in [-0.3, -0.25) is 10.1 Å². The first-order valence-corrected chi connectivity index (χ1v) is 6.41. The van der Waals surface area contributed by atoms with Gasteiger partial charge in [-0.1, -0.05) is 11.6 Å². The summed E-state index contributed by atoms with van der Waals surface area (Å²) in [6, 6.07) is 9.11. The smallest absolute Gasteiger partial charge is 0.273 e. The lowest BCUT2D eigenvalue weighted by Crippen LogP contribution is -2.00. The zero-order valence-corrected chi connectivity index (χ0v) is 12.0. The Morgan fingerprint density at radius 3 is 2.52 bits per heavy atom. The monoisotopic (exact) mass is 308 g/mol. The van der Waals surface area contributed by atoms with Gasteiger partial charge in [-0.25, -0.2) is 0 Å². The normalized spacial score (nSPS) is 10.2. The van der Waals surface area contributed by atoms with Crippen molar-refractivity contribution in [3.63, 3.8) is 0 Å². The van der Waals surface area contributed by atoms with Crippen molar-refractivity contribution >= 4 is 17.3 Å². The van der Waals surface area contributed by atoms with Crippen LogP contribution >= 0.6 is 11.6 Å². The molecule has 21 heavy (non-hydrogen) atoms. The van der Waals surface area contributed by atoms with E-state index in [1.54, 1.807) is 18.2 Å². The molecule has 6 nitrogen and oxygen atoms in total. The number of halogens is 1. The molecule has 0 radical (unpaired) electrons. The summed E-state index contributed by atoms with van der Waals surface area (Å²) in [6.45, 7) is 0.229. The summed E-state index contributed by atoms with van der Waals surface area (Å²) in [5.74, 6) is 1.10. The SMILES string of the molecule is COc1ccc([N+](=O)[O-])cc1Oc1ccc(Cl)cc1CN. The fourth-order valence-corrected chi connectivity index (χ4v) is 1.98. The second-order valence-corrected chi connectivity index (χ2v) is 4.59. The van der Waals surface area contributed by atoms with E-state index < -0.39 is 4.92 Å². The van der Waals surface area contributed by atoms with E-state index in [-0.39, 0.29) is 18.0 Å². The lowest BCUT2D eigenvalue weighted by molar-refractivity contribution is -0.384. The van der Waals surface area contributed by atoms with Gasteiger partial charge in [0.2, 0.25) is 0 Å². The van der Waals surface area contributed by atoms with Crippen LogP contribution in [-0.4, -0.2) is 12.0 Å². The van der Waals surface area contributed by atoms with E-state index in [1.165, 1.54) is 25.3 Å². The molecule has 0 aliphatic carbocycles. The van der Waals surface area contributed by atoms with Crippen molar-refractivity contribution in [2.45, 2.75) is 6.54 Å². The average molecular weight is 309 g/mol. The fourth-order valence-electron chi connectivity index (χ4n) is 1.78. The lowest BCUT2D eigenvalue weighted by atomic mass is 10.2. The number of nitrogens with zero attached hydrogens (tertiary/aromatic N) is 1. The molecule has 0 aromatic heterocycles. The van der Waals surface area contributed by atoms with Crippen LogP contribution in [0.4, 0.5) is 5.69 Å². The molecule has 0 fully saturated rings. The Morgan fingerprint density at radius 1 is 1.19 bits per heavy atom. The number of methoxy groups -OCH3 is 1. The number of hydrogen-bond acceptors (Lipinski definition) is 5. The van der Waals surface area contributed by atoms with Gasteiger partial charge in [0.25, 0.3) is 5.69 Å². The molecule has 0 spiro atoms. The van der Waals surface area contributed by atoms with E-state index >= 15 is 0 Å². The lowest BCUT2D eigenvalue weighted by Gasteiger charge is -2.13. The number of nitrogens with two attached hydrogens (primary N) is 1. The van der Waals surface area contributed by atoms with Crippen LogP contribution in [0.2, 0.25) is 5.02 Å². The van der Waals surface area contributed by atoms with E-state index in [4.69, 9.17) is 26.8 Å². The predicted molar refractivity (Wildman–Crippen MR) is 79.1 cm³/mol. The van der Waals surface area contributed by atoms with Crippen molar-refractivity contribution < 1.29 is 14.4 Å². The Kier molecular flexibility index (Phi) is 4.62. The van der Waals surface area contributed by atoms with E-state index in [1.807, 2.05) is 0 Å². The van der Waals surface area contributed by atoms with Crippen LogP contribution in [0.5, 0.6) is 17.2 Å². The number of non-ortho nitro benzene ring substituents is 1. The minimum atomic E-state index is -0.502. The predicted octanol–water partition coefficient (Wildman–Crippen LogP) is 3.51. The first-order chi connectivity index (χ1) is 10.0. The number of nitro groups is 1. The number of ether oxygens (including phenoxy) is 2. The van der Waals surface area contributed by atoms with Crippen molar-refractivity contribution in [3.05, 3.63) is 57.1 Å².